The van der Waals surface area contributed by atoms with Gasteiger partial charge in [-0.05, 0) is 46.1 Å². The molecule has 0 saturated carbocycles. The minimum Gasteiger partial charge on any atom is -0.497 e. The maximum Gasteiger partial charge on any atom is 0.118 e. The van der Waals surface area contributed by atoms with Gasteiger partial charge in [-0.25, -0.2) is 4.68 Å². The molecule has 0 unspecified atom stereocenters. The van der Waals surface area contributed by atoms with Crippen molar-refractivity contribution in [3.8, 4) is 5.75 Å². The number of nitrogens with zero attached hydrogens (tertiary/aromatic N) is 2. The molecule has 4 heteroatoms. The lowest BCUT2D eigenvalue weighted by Gasteiger charge is -2.14. The highest BCUT2D eigenvalue weighted by Gasteiger charge is 2.11. The van der Waals surface area contributed by atoms with Gasteiger partial charge < -0.3 is 4.74 Å². The molecular formula is C19H17BrN2O. The van der Waals surface area contributed by atoms with Crippen LogP contribution in [0.2, 0.25) is 0 Å². The second-order valence-corrected chi connectivity index (χ2v) is 6.09. The van der Waals surface area contributed by atoms with E-state index in [4.69, 9.17) is 4.74 Å². The lowest BCUT2D eigenvalue weighted by molar-refractivity contribution is 0.415. The molecule has 0 aliphatic carbocycles. The monoisotopic (exact) mass is 368 g/mol. The van der Waals surface area contributed by atoms with Crippen molar-refractivity contribution in [1.29, 1.82) is 0 Å². The number of hydrogen-bond acceptors (Lipinski definition) is 2. The van der Waals surface area contributed by atoms with Crippen molar-refractivity contribution in [2.45, 2.75) is 6.92 Å². The molecule has 0 bridgehead atoms. The number of hydrogen-bond donors (Lipinski definition) is 0. The van der Waals surface area contributed by atoms with Gasteiger partial charge in [0.2, 0.25) is 0 Å². The lowest BCUT2D eigenvalue weighted by Crippen LogP contribution is -2.02. The summed E-state index contributed by atoms with van der Waals surface area (Å²) < 4.78 is 8.10. The van der Waals surface area contributed by atoms with Crippen LogP contribution in [0.4, 0.5) is 0 Å². The fourth-order valence-corrected chi connectivity index (χ4v) is 2.80. The fourth-order valence-electron chi connectivity index (χ4n) is 2.52. The zero-order valence-corrected chi connectivity index (χ0v) is 14.6. The molecule has 0 amide bonds. The van der Waals surface area contributed by atoms with Gasteiger partial charge in [-0.2, -0.15) is 5.10 Å². The van der Waals surface area contributed by atoms with Crippen LogP contribution in [0.1, 0.15) is 18.1 Å². The quantitative estimate of drug-likeness (QED) is 0.599. The Morgan fingerprint density at radius 2 is 1.70 bits per heavy atom. The summed E-state index contributed by atoms with van der Waals surface area (Å²) in [6.45, 7) is 2.11. The number of aromatic nitrogens is 2. The summed E-state index contributed by atoms with van der Waals surface area (Å²) >= 11 is 3.47. The standard InChI is InChI=1S/C19H17BrN2O/c1-14(15-8-10-18(23-2)11-9-15)19(16-6-4-3-5-7-16)22-13-17(20)12-21-22/h3-13H,1-2H3/b19-14+. The van der Waals surface area contributed by atoms with E-state index < -0.39 is 0 Å². The largest absolute Gasteiger partial charge is 0.497 e. The second-order valence-electron chi connectivity index (χ2n) is 5.17. The summed E-state index contributed by atoms with van der Waals surface area (Å²) in [5.74, 6) is 0.852. The first-order chi connectivity index (χ1) is 11.2. The van der Waals surface area contributed by atoms with Crippen molar-refractivity contribution in [3.63, 3.8) is 0 Å². The van der Waals surface area contributed by atoms with E-state index in [1.807, 2.05) is 41.2 Å². The summed E-state index contributed by atoms with van der Waals surface area (Å²) in [5, 5.41) is 4.46. The van der Waals surface area contributed by atoms with Crippen LogP contribution in [-0.2, 0) is 0 Å². The molecule has 0 aliphatic heterocycles. The van der Waals surface area contributed by atoms with E-state index in [1.165, 1.54) is 0 Å². The number of rotatable bonds is 4. The predicted octanol–water partition coefficient (Wildman–Crippen LogP) is 5.09. The van der Waals surface area contributed by atoms with Crippen molar-refractivity contribution in [3.05, 3.63) is 82.6 Å². The van der Waals surface area contributed by atoms with E-state index in [0.717, 1.165) is 32.6 Å². The molecule has 0 N–H and O–H groups in total. The molecule has 1 heterocycles. The highest BCUT2D eigenvalue weighted by molar-refractivity contribution is 9.10. The Kier molecular flexibility index (Phi) is 4.63. The Labute approximate surface area is 144 Å². The third-order valence-electron chi connectivity index (χ3n) is 3.71. The highest BCUT2D eigenvalue weighted by Crippen LogP contribution is 2.29. The number of halogens is 1. The minimum atomic E-state index is 0.852. The van der Waals surface area contributed by atoms with Crippen molar-refractivity contribution >= 4 is 27.2 Å². The molecule has 0 saturated heterocycles. The average molecular weight is 369 g/mol. The van der Waals surface area contributed by atoms with Crippen LogP contribution in [0.15, 0.2) is 71.5 Å². The third kappa shape index (κ3) is 3.37. The van der Waals surface area contributed by atoms with E-state index in [1.54, 1.807) is 13.3 Å². The molecule has 0 aliphatic rings. The molecule has 3 rings (SSSR count). The Morgan fingerprint density at radius 3 is 2.26 bits per heavy atom. The van der Waals surface area contributed by atoms with Crippen LogP contribution in [0.5, 0.6) is 5.75 Å². The molecule has 3 aromatic rings. The maximum absolute atomic E-state index is 5.24. The summed E-state index contributed by atoms with van der Waals surface area (Å²) in [5.41, 5.74) is 4.46. The van der Waals surface area contributed by atoms with E-state index in [0.29, 0.717) is 0 Å². The first-order valence-electron chi connectivity index (χ1n) is 7.30. The normalized spacial score (nSPS) is 12.0. The van der Waals surface area contributed by atoms with Gasteiger partial charge in [0, 0.05) is 11.8 Å². The number of methoxy groups -OCH3 is 1. The SMILES string of the molecule is COc1ccc(/C(C)=C(\c2ccccc2)n2cc(Br)cn2)cc1. The fraction of sp³-hybridized carbons (Fsp3) is 0.105. The smallest absolute Gasteiger partial charge is 0.118 e. The molecule has 0 spiro atoms. The first-order valence-corrected chi connectivity index (χ1v) is 8.09. The van der Waals surface area contributed by atoms with Crippen molar-refractivity contribution in [2.24, 2.45) is 0 Å². The Morgan fingerprint density at radius 1 is 1.00 bits per heavy atom. The van der Waals surface area contributed by atoms with Gasteiger partial charge in [-0.15, -0.1) is 0 Å². The summed E-state index contributed by atoms with van der Waals surface area (Å²) in [6.07, 6.45) is 3.76. The predicted molar refractivity (Wildman–Crippen MR) is 97.2 cm³/mol. The Hall–Kier alpha value is -2.33. The van der Waals surface area contributed by atoms with Gasteiger partial charge in [0.15, 0.2) is 0 Å². The molecule has 0 radical (unpaired) electrons. The maximum atomic E-state index is 5.24. The van der Waals surface area contributed by atoms with Crippen molar-refractivity contribution in [2.75, 3.05) is 7.11 Å². The Bertz CT molecular complexity index is 820. The summed E-state index contributed by atoms with van der Waals surface area (Å²) in [7, 11) is 1.67. The van der Waals surface area contributed by atoms with Crippen LogP contribution < -0.4 is 4.74 Å². The van der Waals surface area contributed by atoms with Crippen LogP contribution in [-0.4, -0.2) is 16.9 Å². The summed E-state index contributed by atoms with van der Waals surface area (Å²) in [4.78, 5) is 0. The zero-order chi connectivity index (χ0) is 16.2. The van der Waals surface area contributed by atoms with E-state index in [9.17, 15) is 0 Å². The van der Waals surface area contributed by atoms with Gasteiger partial charge in [0.25, 0.3) is 0 Å². The highest BCUT2D eigenvalue weighted by atomic mass is 79.9. The topological polar surface area (TPSA) is 27.1 Å². The number of benzene rings is 2. The van der Waals surface area contributed by atoms with Crippen LogP contribution in [0.25, 0.3) is 11.3 Å². The third-order valence-corrected chi connectivity index (χ3v) is 4.12. The number of ether oxygens (including phenoxy) is 1. The summed E-state index contributed by atoms with van der Waals surface area (Å²) in [6, 6.07) is 18.4. The van der Waals surface area contributed by atoms with Crippen LogP contribution in [0, 0.1) is 0 Å². The first kappa shape index (κ1) is 15.6. The van der Waals surface area contributed by atoms with Gasteiger partial charge in [0.1, 0.15) is 5.75 Å². The molecular weight excluding hydrogens is 352 g/mol. The minimum absolute atomic E-state index is 0.852. The number of allylic oxidation sites excluding steroid dienone is 1. The van der Waals surface area contributed by atoms with Crippen LogP contribution >= 0.6 is 15.9 Å². The molecule has 0 atom stereocenters. The average Bonchev–Trinajstić information content (AvgIpc) is 3.02. The van der Waals surface area contributed by atoms with Crippen LogP contribution in [0.3, 0.4) is 0 Å². The second kappa shape index (κ2) is 6.84. The lowest BCUT2D eigenvalue weighted by atomic mass is 10.0. The van der Waals surface area contributed by atoms with E-state index >= 15 is 0 Å². The molecule has 2 aromatic carbocycles. The van der Waals surface area contributed by atoms with Gasteiger partial charge in [-0.3, -0.25) is 0 Å². The molecule has 23 heavy (non-hydrogen) atoms. The van der Waals surface area contributed by atoms with Gasteiger partial charge >= 0.3 is 0 Å². The van der Waals surface area contributed by atoms with E-state index in [2.05, 4.69) is 52.2 Å². The molecule has 1 aromatic heterocycles. The van der Waals surface area contributed by atoms with E-state index in [-0.39, 0.29) is 0 Å². The van der Waals surface area contributed by atoms with Crippen molar-refractivity contribution < 1.29 is 4.74 Å². The Balaban J connectivity index is 2.16. The van der Waals surface area contributed by atoms with Gasteiger partial charge in [0.05, 0.1) is 23.5 Å². The molecule has 116 valence electrons. The zero-order valence-electron chi connectivity index (χ0n) is 13.0. The molecule has 0 fully saturated rings. The molecule has 3 nitrogen and oxygen atoms in total. The van der Waals surface area contributed by atoms with Gasteiger partial charge in [-0.1, -0.05) is 42.5 Å². The van der Waals surface area contributed by atoms with Crippen molar-refractivity contribution in [1.82, 2.24) is 9.78 Å².